The summed E-state index contributed by atoms with van der Waals surface area (Å²) in [5, 5.41) is 0.541. The monoisotopic (exact) mass is 332 g/mol. The van der Waals surface area contributed by atoms with E-state index >= 15 is 0 Å². The Hall–Kier alpha value is -1.83. The van der Waals surface area contributed by atoms with Crippen molar-refractivity contribution in [2.45, 2.75) is 17.8 Å². The van der Waals surface area contributed by atoms with Crippen LogP contribution < -0.4 is 11.3 Å². The molecule has 0 saturated carbocycles. The van der Waals surface area contributed by atoms with Crippen molar-refractivity contribution < 1.29 is 4.74 Å². The molecule has 1 unspecified atom stereocenters. The molecule has 3 N–H and O–H groups in total. The van der Waals surface area contributed by atoms with Gasteiger partial charge in [-0.05, 0) is 5.56 Å². The molecule has 1 aromatic heterocycles. The minimum Gasteiger partial charge on any atom is -0.383 e. The first-order chi connectivity index (χ1) is 11.2. The number of benzene rings is 1. The molecule has 122 valence electrons. The number of nitrogen functional groups attached to an aromatic ring is 1. The van der Waals surface area contributed by atoms with E-state index in [1.807, 2.05) is 6.07 Å². The molecule has 0 spiro atoms. The maximum Gasteiger partial charge on any atom is 0.253 e. The number of ether oxygens (including phenoxy) is 1. The molecular weight excluding hydrogens is 312 g/mol. The summed E-state index contributed by atoms with van der Waals surface area (Å²) >= 11 is 1.47. The normalized spacial score (nSPS) is 18.9. The first-order valence-electron chi connectivity index (χ1n) is 7.56. The molecule has 0 radical (unpaired) electrons. The minimum atomic E-state index is -0.227. The van der Waals surface area contributed by atoms with Crippen molar-refractivity contribution in [2.75, 3.05) is 31.2 Å². The lowest BCUT2D eigenvalue weighted by Crippen LogP contribution is -2.43. The number of nitrogens with zero attached hydrogens (tertiary/aromatic N) is 2. The maximum absolute atomic E-state index is 11.4. The molecule has 1 fully saturated rings. The Morgan fingerprint density at radius 2 is 2.22 bits per heavy atom. The smallest absolute Gasteiger partial charge is 0.253 e. The number of aromatic nitrogens is 2. The van der Waals surface area contributed by atoms with Gasteiger partial charge in [-0.25, -0.2) is 4.98 Å². The summed E-state index contributed by atoms with van der Waals surface area (Å²) in [4.78, 5) is 20.6. The zero-order valence-electron chi connectivity index (χ0n) is 12.8. The van der Waals surface area contributed by atoms with Gasteiger partial charge in [-0.2, -0.15) is 0 Å². The molecule has 23 heavy (non-hydrogen) atoms. The number of hydrogen-bond donors (Lipinski definition) is 2. The molecule has 1 aliphatic rings. The Bertz CT molecular complexity index is 692. The highest BCUT2D eigenvalue weighted by molar-refractivity contribution is 7.99. The van der Waals surface area contributed by atoms with Crippen molar-refractivity contribution in [1.29, 1.82) is 0 Å². The van der Waals surface area contributed by atoms with Gasteiger partial charge < -0.3 is 15.5 Å². The molecule has 7 heteroatoms. The molecular formula is C16H20N4O2S. The summed E-state index contributed by atoms with van der Waals surface area (Å²) in [6.45, 7) is 3.45. The predicted molar refractivity (Wildman–Crippen MR) is 91.5 cm³/mol. The summed E-state index contributed by atoms with van der Waals surface area (Å²) in [6.07, 6.45) is 0.115. The second-order valence-electron chi connectivity index (χ2n) is 5.50. The van der Waals surface area contributed by atoms with E-state index in [-0.39, 0.29) is 17.5 Å². The number of thioether (sulfide) groups is 1. The summed E-state index contributed by atoms with van der Waals surface area (Å²) in [6, 6.07) is 11.7. The van der Waals surface area contributed by atoms with Crippen LogP contribution in [0.4, 0.5) is 5.82 Å². The van der Waals surface area contributed by atoms with E-state index < -0.39 is 0 Å². The summed E-state index contributed by atoms with van der Waals surface area (Å²) in [7, 11) is 0. The van der Waals surface area contributed by atoms with Crippen LogP contribution in [-0.4, -0.2) is 46.4 Å². The highest BCUT2D eigenvalue weighted by Gasteiger charge is 2.21. The third kappa shape index (κ3) is 4.82. The number of morpholine rings is 1. The van der Waals surface area contributed by atoms with Gasteiger partial charge in [0.2, 0.25) is 0 Å². The minimum absolute atomic E-state index is 0.115. The number of nitrogens with one attached hydrogen (secondary N) is 1. The Morgan fingerprint density at radius 1 is 1.39 bits per heavy atom. The fourth-order valence-electron chi connectivity index (χ4n) is 2.56. The molecule has 2 heterocycles. The van der Waals surface area contributed by atoms with Gasteiger partial charge in [0, 0.05) is 31.5 Å². The fourth-order valence-corrected chi connectivity index (χ4v) is 3.45. The van der Waals surface area contributed by atoms with Crippen LogP contribution in [0.1, 0.15) is 5.56 Å². The highest BCUT2D eigenvalue weighted by atomic mass is 32.2. The van der Waals surface area contributed by atoms with E-state index in [1.54, 1.807) is 0 Å². The number of anilines is 1. The van der Waals surface area contributed by atoms with Crippen molar-refractivity contribution in [1.82, 2.24) is 14.9 Å². The molecule has 2 aromatic rings. The summed E-state index contributed by atoms with van der Waals surface area (Å²) < 4.78 is 5.81. The van der Waals surface area contributed by atoms with Crippen LogP contribution >= 0.6 is 11.8 Å². The van der Waals surface area contributed by atoms with Gasteiger partial charge in [0.25, 0.3) is 5.56 Å². The Balaban J connectivity index is 1.53. The van der Waals surface area contributed by atoms with Crippen LogP contribution in [0, 0.1) is 0 Å². The van der Waals surface area contributed by atoms with Gasteiger partial charge in [0.05, 0.1) is 12.7 Å². The Labute approximate surface area is 139 Å². The number of rotatable bonds is 5. The van der Waals surface area contributed by atoms with Gasteiger partial charge in [-0.1, -0.05) is 42.1 Å². The lowest BCUT2D eigenvalue weighted by Gasteiger charge is -2.32. The average molecular weight is 332 g/mol. The summed E-state index contributed by atoms with van der Waals surface area (Å²) in [5.74, 6) is 0.976. The fraction of sp³-hybridized carbons (Fsp3) is 0.375. The molecule has 6 nitrogen and oxygen atoms in total. The number of nitrogens with two attached hydrogens (primary N) is 1. The number of H-pyrrole nitrogens is 1. The molecule has 3 rings (SSSR count). The van der Waals surface area contributed by atoms with Crippen LogP contribution in [-0.2, 0) is 11.3 Å². The summed E-state index contributed by atoms with van der Waals surface area (Å²) in [5.41, 5.74) is 6.67. The molecule has 1 aromatic carbocycles. The molecule has 1 saturated heterocycles. The lowest BCUT2D eigenvalue weighted by molar-refractivity contribution is -0.0187. The van der Waals surface area contributed by atoms with Crippen LogP contribution in [0.2, 0.25) is 0 Å². The van der Waals surface area contributed by atoms with E-state index in [1.165, 1.54) is 23.4 Å². The number of aromatic amines is 1. The van der Waals surface area contributed by atoms with E-state index in [4.69, 9.17) is 10.5 Å². The van der Waals surface area contributed by atoms with E-state index in [9.17, 15) is 4.79 Å². The first kappa shape index (κ1) is 16.0. The third-order valence-electron chi connectivity index (χ3n) is 3.62. The van der Waals surface area contributed by atoms with E-state index in [0.717, 1.165) is 32.0 Å². The standard InChI is InChI=1S/C16H20N4O2S/c17-14-8-15(21)19-16(18-14)23-11-13-10-20(6-7-22-13)9-12-4-2-1-3-5-12/h1-5,8,13H,6-7,9-11H2,(H3,17,18,19,21). The van der Waals surface area contributed by atoms with Crippen LogP contribution in [0.15, 0.2) is 46.3 Å². The SMILES string of the molecule is Nc1cc(=O)[nH]c(SCC2CN(Cc3ccccc3)CCO2)n1. The molecule has 0 aliphatic carbocycles. The molecule has 0 amide bonds. The van der Waals surface area contributed by atoms with Gasteiger partial charge >= 0.3 is 0 Å². The predicted octanol–water partition coefficient (Wildman–Crippen LogP) is 1.35. The Morgan fingerprint density at radius 3 is 3.00 bits per heavy atom. The lowest BCUT2D eigenvalue weighted by atomic mass is 10.2. The Kier molecular flexibility index (Phi) is 5.32. The topological polar surface area (TPSA) is 84.2 Å². The van der Waals surface area contributed by atoms with Crippen LogP contribution in [0.5, 0.6) is 0 Å². The molecule has 1 aliphatic heterocycles. The largest absolute Gasteiger partial charge is 0.383 e. The zero-order chi connectivity index (χ0) is 16.1. The zero-order valence-corrected chi connectivity index (χ0v) is 13.6. The van der Waals surface area contributed by atoms with E-state index in [2.05, 4.69) is 39.1 Å². The van der Waals surface area contributed by atoms with Gasteiger partial charge in [0.1, 0.15) is 5.82 Å². The second-order valence-corrected chi connectivity index (χ2v) is 6.51. The van der Waals surface area contributed by atoms with Gasteiger partial charge in [-0.3, -0.25) is 9.69 Å². The van der Waals surface area contributed by atoms with E-state index in [0.29, 0.717) is 5.16 Å². The first-order valence-corrected chi connectivity index (χ1v) is 8.55. The highest BCUT2D eigenvalue weighted by Crippen LogP contribution is 2.18. The van der Waals surface area contributed by atoms with Gasteiger partial charge in [-0.15, -0.1) is 0 Å². The average Bonchev–Trinajstić information content (AvgIpc) is 2.53. The van der Waals surface area contributed by atoms with Crippen molar-refractivity contribution in [2.24, 2.45) is 0 Å². The quantitative estimate of drug-likeness (QED) is 0.635. The van der Waals surface area contributed by atoms with Crippen LogP contribution in [0.25, 0.3) is 0 Å². The van der Waals surface area contributed by atoms with Crippen molar-refractivity contribution in [3.05, 3.63) is 52.3 Å². The molecule has 0 bridgehead atoms. The maximum atomic E-state index is 11.4. The third-order valence-corrected chi connectivity index (χ3v) is 4.62. The van der Waals surface area contributed by atoms with Crippen molar-refractivity contribution in [3.8, 4) is 0 Å². The number of hydrogen-bond acceptors (Lipinski definition) is 6. The van der Waals surface area contributed by atoms with Crippen molar-refractivity contribution in [3.63, 3.8) is 0 Å². The second kappa shape index (κ2) is 7.63. The molecule has 1 atom stereocenters. The van der Waals surface area contributed by atoms with Gasteiger partial charge in [0.15, 0.2) is 5.16 Å². The van der Waals surface area contributed by atoms with Crippen LogP contribution in [0.3, 0.4) is 0 Å². The van der Waals surface area contributed by atoms with Crippen molar-refractivity contribution >= 4 is 17.6 Å².